The first-order valence-corrected chi connectivity index (χ1v) is 5.87. The molecular weight excluding hydrogens is 232 g/mol. The third-order valence-electron chi connectivity index (χ3n) is 3.00. The van der Waals surface area contributed by atoms with Gasteiger partial charge in [-0.2, -0.15) is 0 Å². The summed E-state index contributed by atoms with van der Waals surface area (Å²) in [5.41, 5.74) is 1.60. The molecule has 1 N–H and O–H groups in total. The Morgan fingerprint density at radius 3 is 2.28 bits per heavy atom. The van der Waals surface area contributed by atoms with Crippen LogP contribution in [0, 0.1) is 11.6 Å². The second-order valence-electron chi connectivity index (χ2n) is 4.19. The number of hydrogen-bond donors (Lipinski definition) is 1. The molecule has 1 atom stereocenters. The van der Waals surface area contributed by atoms with Gasteiger partial charge in [-0.05, 0) is 42.8 Å². The van der Waals surface area contributed by atoms with Crippen molar-refractivity contribution in [1.29, 1.82) is 0 Å². The molecule has 1 nitrogen and oxygen atoms in total. The third-order valence-corrected chi connectivity index (χ3v) is 3.00. The molecule has 0 amide bonds. The summed E-state index contributed by atoms with van der Waals surface area (Å²) < 4.78 is 26.4. The van der Waals surface area contributed by atoms with Crippen molar-refractivity contribution in [2.45, 2.75) is 12.5 Å². The molecule has 2 rings (SSSR count). The molecule has 0 heterocycles. The van der Waals surface area contributed by atoms with Crippen LogP contribution in [0.3, 0.4) is 0 Å². The highest BCUT2D eigenvalue weighted by Crippen LogP contribution is 2.20. The number of benzene rings is 2. The van der Waals surface area contributed by atoms with E-state index in [1.165, 1.54) is 18.2 Å². The molecule has 0 fully saturated rings. The summed E-state index contributed by atoms with van der Waals surface area (Å²) in [4.78, 5) is 0. The van der Waals surface area contributed by atoms with Crippen LogP contribution >= 0.6 is 0 Å². The highest BCUT2D eigenvalue weighted by molar-refractivity contribution is 5.25. The van der Waals surface area contributed by atoms with Gasteiger partial charge in [-0.3, -0.25) is 0 Å². The van der Waals surface area contributed by atoms with E-state index in [1.807, 2.05) is 13.1 Å². The lowest BCUT2D eigenvalue weighted by atomic mass is 9.99. The van der Waals surface area contributed by atoms with Crippen LogP contribution in [0.1, 0.15) is 17.2 Å². The van der Waals surface area contributed by atoms with Gasteiger partial charge in [0.05, 0.1) is 0 Å². The fourth-order valence-corrected chi connectivity index (χ4v) is 1.97. The van der Waals surface area contributed by atoms with E-state index in [-0.39, 0.29) is 17.7 Å². The average molecular weight is 247 g/mol. The normalized spacial score (nSPS) is 12.4. The molecule has 0 spiro atoms. The zero-order valence-corrected chi connectivity index (χ0v) is 10.2. The van der Waals surface area contributed by atoms with E-state index < -0.39 is 0 Å². The molecule has 0 saturated heterocycles. The van der Waals surface area contributed by atoms with Crippen LogP contribution in [-0.2, 0) is 6.42 Å². The van der Waals surface area contributed by atoms with E-state index in [4.69, 9.17) is 0 Å². The molecule has 0 bridgehead atoms. The summed E-state index contributed by atoms with van der Waals surface area (Å²) in [7, 11) is 1.81. The predicted octanol–water partition coefficient (Wildman–Crippen LogP) is 3.47. The zero-order chi connectivity index (χ0) is 13.0. The Morgan fingerprint density at radius 1 is 1.00 bits per heavy atom. The Balaban J connectivity index is 2.20. The molecule has 2 aromatic rings. The Hall–Kier alpha value is -1.74. The highest BCUT2D eigenvalue weighted by atomic mass is 19.1. The first-order chi connectivity index (χ1) is 8.70. The number of nitrogens with one attached hydrogen (secondary N) is 1. The second kappa shape index (κ2) is 5.74. The Kier molecular flexibility index (Phi) is 4.05. The van der Waals surface area contributed by atoms with E-state index in [1.54, 1.807) is 24.3 Å². The molecule has 0 aliphatic heterocycles. The van der Waals surface area contributed by atoms with Crippen molar-refractivity contribution in [2.75, 3.05) is 7.05 Å². The Morgan fingerprint density at radius 2 is 1.67 bits per heavy atom. The maximum atomic E-state index is 13.6. The summed E-state index contributed by atoms with van der Waals surface area (Å²) in [6.45, 7) is 0. The number of likely N-dealkylation sites (N-methyl/N-ethyl adjacent to an activating group) is 1. The van der Waals surface area contributed by atoms with E-state index in [0.29, 0.717) is 12.0 Å². The van der Waals surface area contributed by atoms with Gasteiger partial charge >= 0.3 is 0 Å². The van der Waals surface area contributed by atoms with E-state index in [9.17, 15) is 8.78 Å². The SMILES string of the molecule is CNC(Cc1ccccc1F)c1ccc(F)cc1. The first-order valence-electron chi connectivity index (χ1n) is 5.87. The summed E-state index contributed by atoms with van der Waals surface area (Å²) >= 11 is 0. The number of hydrogen-bond acceptors (Lipinski definition) is 1. The molecule has 2 aromatic carbocycles. The molecule has 0 aromatic heterocycles. The highest BCUT2D eigenvalue weighted by Gasteiger charge is 2.12. The van der Waals surface area contributed by atoms with Gasteiger partial charge in [-0.1, -0.05) is 30.3 Å². The van der Waals surface area contributed by atoms with Crippen LogP contribution in [0.4, 0.5) is 8.78 Å². The van der Waals surface area contributed by atoms with Crippen molar-refractivity contribution in [2.24, 2.45) is 0 Å². The van der Waals surface area contributed by atoms with Gasteiger partial charge in [-0.15, -0.1) is 0 Å². The summed E-state index contributed by atoms with van der Waals surface area (Å²) in [5, 5.41) is 3.12. The standard InChI is InChI=1S/C15H15F2N/c1-18-15(11-6-8-13(16)9-7-11)10-12-4-2-3-5-14(12)17/h2-9,15,18H,10H2,1H3. The van der Waals surface area contributed by atoms with Crippen LogP contribution in [-0.4, -0.2) is 7.05 Å². The quantitative estimate of drug-likeness (QED) is 0.872. The predicted molar refractivity (Wildman–Crippen MR) is 68.3 cm³/mol. The van der Waals surface area contributed by atoms with Gasteiger partial charge < -0.3 is 5.32 Å². The fraction of sp³-hybridized carbons (Fsp3) is 0.200. The summed E-state index contributed by atoms with van der Waals surface area (Å²) in [6.07, 6.45) is 0.537. The maximum Gasteiger partial charge on any atom is 0.126 e. The van der Waals surface area contributed by atoms with Gasteiger partial charge in [0.1, 0.15) is 11.6 Å². The molecule has 0 saturated carbocycles. The Bertz CT molecular complexity index is 508. The van der Waals surface area contributed by atoms with Crippen molar-refractivity contribution >= 4 is 0 Å². The molecule has 0 radical (unpaired) electrons. The average Bonchev–Trinajstić information content (AvgIpc) is 2.39. The molecule has 18 heavy (non-hydrogen) atoms. The number of halogens is 2. The lowest BCUT2D eigenvalue weighted by molar-refractivity contribution is 0.552. The molecule has 0 aliphatic rings. The fourth-order valence-electron chi connectivity index (χ4n) is 1.97. The van der Waals surface area contributed by atoms with Gasteiger partial charge in [0, 0.05) is 6.04 Å². The van der Waals surface area contributed by atoms with Crippen molar-refractivity contribution in [1.82, 2.24) is 5.32 Å². The van der Waals surface area contributed by atoms with E-state index in [2.05, 4.69) is 5.32 Å². The van der Waals surface area contributed by atoms with Crippen molar-refractivity contribution in [3.8, 4) is 0 Å². The minimum Gasteiger partial charge on any atom is -0.313 e. The topological polar surface area (TPSA) is 12.0 Å². The van der Waals surface area contributed by atoms with Crippen molar-refractivity contribution in [3.05, 3.63) is 71.3 Å². The van der Waals surface area contributed by atoms with E-state index >= 15 is 0 Å². The smallest absolute Gasteiger partial charge is 0.126 e. The Labute approximate surface area is 105 Å². The molecule has 1 unspecified atom stereocenters. The van der Waals surface area contributed by atoms with Crippen LogP contribution in [0.5, 0.6) is 0 Å². The second-order valence-corrected chi connectivity index (χ2v) is 4.19. The molecule has 94 valence electrons. The van der Waals surface area contributed by atoms with Crippen LogP contribution in [0.15, 0.2) is 48.5 Å². The molecule has 0 aliphatic carbocycles. The van der Waals surface area contributed by atoms with Crippen molar-refractivity contribution < 1.29 is 8.78 Å². The summed E-state index contributed by atoms with van der Waals surface area (Å²) in [6, 6.07) is 13.0. The lowest BCUT2D eigenvalue weighted by Gasteiger charge is -2.17. The van der Waals surface area contributed by atoms with E-state index in [0.717, 1.165) is 5.56 Å². The van der Waals surface area contributed by atoms with Crippen LogP contribution < -0.4 is 5.32 Å². The van der Waals surface area contributed by atoms with Crippen molar-refractivity contribution in [3.63, 3.8) is 0 Å². The zero-order valence-electron chi connectivity index (χ0n) is 10.2. The van der Waals surface area contributed by atoms with Crippen LogP contribution in [0.2, 0.25) is 0 Å². The van der Waals surface area contributed by atoms with Gasteiger partial charge in [0.2, 0.25) is 0 Å². The van der Waals surface area contributed by atoms with Gasteiger partial charge in [-0.25, -0.2) is 8.78 Å². The minimum atomic E-state index is -0.264. The first kappa shape index (κ1) is 12.7. The molecule has 3 heteroatoms. The molecular formula is C15H15F2N. The minimum absolute atomic E-state index is 0.0255. The third kappa shape index (κ3) is 2.93. The lowest BCUT2D eigenvalue weighted by Crippen LogP contribution is -2.19. The largest absolute Gasteiger partial charge is 0.313 e. The van der Waals surface area contributed by atoms with Crippen LogP contribution in [0.25, 0.3) is 0 Å². The van der Waals surface area contributed by atoms with Gasteiger partial charge in [0.15, 0.2) is 0 Å². The maximum absolute atomic E-state index is 13.6. The van der Waals surface area contributed by atoms with Gasteiger partial charge in [0.25, 0.3) is 0 Å². The summed E-state index contributed by atoms with van der Waals surface area (Å²) in [5.74, 6) is -0.473. The monoisotopic (exact) mass is 247 g/mol. The number of rotatable bonds is 4.